The number of benzene rings is 2. The first-order valence-electron chi connectivity index (χ1n) is 8.92. The van der Waals surface area contributed by atoms with Crippen LogP contribution in [0.15, 0.2) is 46.9 Å². The number of nitrogens with one attached hydrogen (secondary N) is 3. The van der Waals surface area contributed by atoms with Gasteiger partial charge in [0.25, 0.3) is 5.91 Å². The highest BCUT2D eigenvalue weighted by Crippen LogP contribution is 2.26. The standard InChI is InChI=1S/C20H21BrClN3O3S/c1-2-13-7-9-17(15(21)11-13)28-12-19(27)24-25-20(29)23-18(26)10-8-14-5-3-4-6-16(14)22/h3-7,9,11H,2,8,10,12H2,1H3,(H,24,27)(H2,23,25,26,29). The van der Waals surface area contributed by atoms with Crippen LogP contribution in [0, 0.1) is 0 Å². The van der Waals surface area contributed by atoms with Gasteiger partial charge in [-0.2, -0.15) is 0 Å². The fourth-order valence-corrected chi connectivity index (χ4v) is 3.29. The van der Waals surface area contributed by atoms with E-state index in [0.717, 1.165) is 22.0 Å². The van der Waals surface area contributed by atoms with Crippen molar-refractivity contribution in [3.63, 3.8) is 0 Å². The van der Waals surface area contributed by atoms with Gasteiger partial charge >= 0.3 is 0 Å². The van der Waals surface area contributed by atoms with Crippen molar-refractivity contribution in [3.05, 3.63) is 63.1 Å². The van der Waals surface area contributed by atoms with Gasteiger partial charge in [-0.15, -0.1) is 0 Å². The lowest BCUT2D eigenvalue weighted by Gasteiger charge is -2.12. The number of halogens is 2. The maximum atomic E-state index is 12.0. The van der Waals surface area contributed by atoms with Gasteiger partial charge in [-0.05, 0) is 70.3 Å². The van der Waals surface area contributed by atoms with Crippen LogP contribution in [-0.2, 0) is 22.4 Å². The minimum atomic E-state index is -0.441. The Bertz CT molecular complexity index is 895. The lowest BCUT2D eigenvalue weighted by atomic mass is 10.1. The molecule has 154 valence electrons. The third kappa shape index (κ3) is 8.00. The molecule has 0 saturated carbocycles. The normalized spacial score (nSPS) is 10.2. The van der Waals surface area contributed by atoms with E-state index in [0.29, 0.717) is 17.2 Å². The average molecular weight is 499 g/mol. The van der Waals surface area contributed by atoms with Gasteiger partial charge in [0.1, 0.15) is 5.75 Å². The highest BCUT2D eigenvalue weighted by atomic mass is 79.9. The molecule has 0 fully saturated rings. The zero-order valence-corrected chi connectivity index (χ0v) is 18.9. The molecule has 0 aliphatic rings. The summed E-state index contributed by atoms with van der Waals surface area (Å²) in [5.74, 6) is -0.162. The van der Waals surface area contributed by atoms with Crippen LogP contribution in [0.4, 0.5) is 0 Å². The molecule has 2 aromatic rings. The topological polar surface area (TPSA) is 79.5 Å². The van der Waals surface area contributed by atoms with Gasteiger partial charge in [-0.3, -0.25) is 20.4 Å². The Morgan fingerprint density at radius 2 is 1.90 bits per heavy atom. The second kappa shape index (κ2) is 11.7. The van der Waals surface area contributed by atoms with E-state index >= 15 is 0 Å². The first kappa shape index (κ1) is 23.1. The average Bonchev–Trinajstić information content (AvgIpc) is 2.70. The number of hydrogen-bond acceptors (Lipinski definition) is 4. The summed E-state index contributed by atoms with van der Waals surface area (Å²) in [4.78, 5) is 23.8. The van der Waals surface area contributed by atoms with E-state index in [9.17, 15) is 9.59 Å². The Morgan fingerprint density at radius 1 is 1.14 bits per heavy atom. The van der Waals surface area contributed by atoms with Crippen molar-refractivity contribution in [2.45, 2.75) is 26.2 Å². The monoisotopic (exact) mass is 497 g/mol. The molecule has 0 atom stereocenters. The van der Waals surface area contributed by atoms with Crippen LogP contribution in [0.3, 0.4) is 0 Å². The second-order valence-corrected chi connectivity index (χ2v) is 7.72. The number of amides is 2. The van der Waals surface area contributed by atoms with Gasteiger partial charge in [0.2, 0.25) is 5.91 Å². The molecule has 0 unspecified atom stereocenters. The third-order valence-corrected chi connectivity index (χ3v) is 5.10. The smallest absolute Gasteiger partial charge is 0.276 e. The minimum absolute atomic E-state index is 0.00371. The SMILES string of the molecule is CCc1ccc(OCC(=O)NNC(=S)NC(=O)CCc2ccccc2Cl)c(Br)c1. The van der Waals surface area contributed by atoms with Crippen LogP contribution in [0.25, 0.3) is 0 Å². The summed E-state index contributed by atoms with van der Waals surface area (Å²) in [5.41, 5.74) is 6.89. The number of carbonyl (C=O) groups is 2. The molecular formula is C20H21BrClN3O3S. The zero-order chi connectivity index (χ0) is 21.2. The van der Waals surface area contributed by atoms with Crippen molar-refractivity contribution in [3.8, 4) is 5.75 Å². The molecule has 6 nitrogen and oxygen atoms in total. The molecule has 0 radical (unpaired) electrons. The molecule has 0 spiro atoms. The maximum absolute atomic E-state index is 12.0. The molecule has 29 heavy (non-hydrogen) atoms. The summed E-state index contributed by atoms with van der Waals surface area (Å²) in [6.45, 7) is 1.85. The zero-order valence-electron chi connectivity index (χ0n) is 15.8. The predicted molar refractivity (Wildman–Crippen MR) is 121 cm³/mol. The number of thiocarbonyl (C=S) groups is 1. The first-order valence-corrected chi connectivity index (χ1v) is 10.5. The van der Waals surface area contributed by atoms with E-state index in [2.05, 4.69) is 39.0 Å². The summed E-state index contributed by atoms with van der Waals surface area (Å²) in [7, 11) is 0. The van der Waals surface area contributed by atoms with Crippen molar-refractivity contribution in [2.24, 2.45) is 0 Å². The van der Waals surface area contributed by atoms with Crippen molar-refractivity contribution in [1.82, 2.24) is 16.2 Å². The van der Waals surface area contributed by atoms with E-state index in [1.54, 1.807) is 12.1 Å². The molecule has 0 aliphatic carbocycles. The van der Waals surface area contributed by atoms with Crippen LogP contribution < -0.4 is 20.9 Å². The minimum Gasteiger partial charge on any atom is -0.483 e. The molecule has 2 rings (SSSR count). The molecule has 0 aliphatic heterocycles. The predicted octanol–water partition coefficient (Wildman–Crippen LogP) is 3.70. The van der Waals surface area contributed by atoms with E-state index < -0.39 is 5.91 Å². The summed E-state index contributed by atoms with van der Waals surface area (Å²) in [6.07, 6.45) is 1.61. The van der Waals surface area contributed by atoms with E-state index in [1.807, 2.05) is 30.3 Å². The third-order valence-electron chi connectivity index (χ3n) is 3.91. The highest BCUT2D eigenvalue weighted by molar-refractivity contribution is 9.10. The highest BCUT2D eigenvalue weighted by Gasteiger charge is 2.09. The van der Waals surface area contributed by atoms with Gasteiger partial charge < -0.3 is 10.1 Å². The fourth-order valence-electron chi connectivity index (χ4n) is 2.36. The Balaban J connectivity index is 1.68. The fraction of sp³-hybridized carbons (Fsp3) is 0.250. The number of hydrogen-bond donors (Lipinski definition) is 3. The molecule has 0 aromatic heterocycles. The summed E-state index contributed by atoms with van der Waals surface area (Å²) in [6, 6.07) is 13.0. The molecule has 2 amide bonds. The first-order chi connectivity index (χ1) is 13.9. The summed E-state index contributed by atoms with van der Waals surface area (Å²) < 4.78 is 6.24. The summed E-state index contributed by atoms with van der Waals surface area (Å²) >= 11 is 14.5. The van der Waals surface area contributed by atoms with E-state index in [4.69, 9.17) is 28.6 Å². The number of ether oxygens (including phenoxy) is 1. The van der Waals surface area contributed by atoms with Crippen molar-refractivity contribution >= 4 is 56.7 Å². The van der Waals surface area contributed by atoms with Crippen LogP contribution in [0.5, 0.6) is 5.75 Å². The lowest BCUT2D eigenvalue weighted by molar-refractivity contribution is -0.124. The molecule has 9 heteroatoms. The molecule has 2 aromatic carbocycles. The Hall–Kier alpha value is -2.16. The van der Waals surface area contributed by atoms with Gasteiger partial charge in [-0.25, -0.2) is 0 Å². The molecule has 0 saturated heterocycles. The number of aryl methyl sites for hydroxylation is 2. The van der Waals surface area contributed by atoms with Gasteiger partial charge in [0, 0.05) is 11.4 Å². The Morgan fingerprint density at radius 3 is 2.59 bits per heavy atom. The Kier molecular flexibility index (Phi) is 9.37. The van der Waals surface area contributed by atoms with Crippen molar-refractivity contribution in [1.29, 1.82) is 0 Å². The largest absolute Gasteiger partial charge is 0.483 e. The van der Waals surface area contributed by atoms with E-state index in [1.165, 1.54) is 0 Å². The Labute approximate surface area is 188 Å². The molecular weight excluding hydrogens is 478 g/mol. The van der Waals surface area contributed by atoms with Gasteiger partial charge in [0.15, 0.2) is 11.7 Å². The van der Waals surface area contributed by atoms with Crippen LogP contribution in [-0.4, -0.2) is 23.5 Å². The van der Waals surface area contributed by atoms with Crippen LogP contribution in [0.1, 0.15) is 24.5 Å². The molecule has 0 heterocycles. The quantitative estimate of drug-likeness (QED) is 0.401. The van der Waals surface area contributed by atoms with Crippen LogP contribution >= 0.6 is 39.7 Å². The second-order valence-electron chi connectivity index (χ2n) is 6.05. The van der Waals surface area contributed by atoms with Gasteiger partial charge in [-0.1, -0.05) is 42.8 Å². The number of hydrazine groups is 1. The van der Waals surface area contributed by atoms with Gasteiger partial charge in [0.05, 0.1) is 4.47 Å². The van der Waals surface area contributed by atoms with Crippen molar-refractivity contribution < 1.29 is 14.3 Å². The van der Waals surface area contributed by atoms with Crippen molar-refractivity contribution in [2.75, 3.05) is 6.61 Å². The van der Waals surface area contributed by atoms with Crippen LogP contribution in [0.2, 0.25) is 5.02 Å². The molecule has 0 bridgehead atoms. The number of carbonyl (C=O) groups excluding carboxylic acids is 2. The summed E-state index contributed by atoms with van der Waals surface area (Å²) in [5, 5.41) is 3.11. The van der Waals surface area contributed by atoms with E-state index in [-0.39, 0.29) is 24.0 Å². The number of rotatable bonds is 7. The molecule has 3 N–H and O–H groups in total. The lowest BCUT2D eigenvalue weighted by Crippen LogP contribution is -2.49. The maximum Gasteiger partial charge on any atom is 0.276 e.